The van der Waals surface area contributed by atoms with Crippen LogP contribution in [0.1, 0.15) is 32.8 Å². The summed E-state index contributed by atoms with van der Waals surface area (Å²) >= 11 is 0. The largest absolute Gasteiger partial charge is 0.311 e. The number of carbonyl (C=O) groups is 1. The zero-order valence-electron chi connectivity index (χ0n) is 13.4. The van der Waals surface area contributed by atoms with Gasteiger partial charge in [-0.3, -0.25) is 9.69 Å². The molecule has 0 aliphatic carbocycles. The number of amides is 1. The summed E-state index contributed by atoms with van der Waals surface area (Å²) in [5.41, 5.74) is 3.47. The molecular weight excluding hydrogens is 260 g/mol. The molecule has 1 aromatic rings. The van der Waals surface area contributed by atoms with E-state index in [4.69, 9.17) is 0 Å². The van der Waals surface area contributed by atoms with Crippen molar-refractivity contribution in [3.05, 3.63) is 42.0 Å². The highest BCUT2D eigenvalue weighted by Crippen LogP contribution is 2.27. The second-order valence-electron chi connectivity index (χ2n) is 5.92. The van der Waals surface area contributed by atoms with E-state index in [2.05, 4.69) is 36.6 Å². The zero-order valence-corrected chi connectivity index (χ0v) is 13.4. The molecule has 3 heteroatoms. The first kappa shape index (κ1) is 15.8. The third-order valence-electron chi connectivity index (χ3n) is 4.16. The second-order valence-corrected chi connectivity index (χ2v) is 5.92. The fraction of sp³-hybridized carbons (Fsp3) is 0.500. The molecular formula is C18H26N2O. The number of nitrogens with zero attached hydrogens (tertiary/aromatic N) is 2. The van der Waals surface area contributed by atoms with E-state index in [1.165, 1.54) is 5.56 Å². The number of likely N-dealkylation sites (N-methyl/N-ethyl adjacent to an activating group) is 1. The van der Waals surface area contributed by atoms with Crippen LogP contribution in [0.4, 0.5) is 5.69 Å². The molecule has 114 valence electrons. The SMILES string of the molecule is C=C(C)CN(CC)C(C)C(=O)N1CCCc2ccccc21. The van der Waals surface area contributed by atoms with E-state index in [0.717, 1.165) is 43.7 Å². The van der Waals surface area contributed by atoms with Crippen molar-refractivity contribution in [2.75, 3.05) is 24.5 Å². The maximum absolute atomic E-state index is 12.9. The summed E-state index contributed by atoms with van der Waals surface area (Å²) in [7, 11) is 0. The van der Waals surface area contributed by atoms with Crippen molar-refractivity contribution in [1.29, 1.82) is 0 Å². The van der Waals surface area contributed by atoms with Crippen LogP contribution >= 0.6 is 0 Å². The Labute approximate surface area is 128 Å². The first-order chi connectivity index (χ1) is 10.0. The quantitative estimate of drug-likeness (QED) is 0.776. The number of hydrogen-bond donors (Lipinski definition) is 0. The molecule has 1 amide bonds. The number of aryl methyl sites for hydroxylation is 1. The number of para-hydroxylation sites is 1. The van der Waals surface area contributed by atoms with Crippen molar-refractivity contribution in [2.24, 2.45) is 0 Å². The third kappa shape index (κ3) is 3.53. The van der Waals surface area contributed by atoms with E-state index in [1.807, 2.05) is 24.8 Å². The van der Waals surface area contributed by atoms with Gasteiger partial charge in [-0.2, -0.15) is 0 Å². The molecule has 1 heterocycles. The van der Waals surface area contributed by atoms with E-state index in [1.54, 1.807) is 0 Å². The predicted molar refractivity (Wildman–Crippen MR) is 88.6 cm³/mol. The Kier molecular flexibility index (Phi) is 5.18. The van der Waals surface area contributed by atoms with Crippen molar-refractivity contribution in [3.63, 3.8) is 0 Å². The fourth-order valence-electron chi connectivity index (χ4n) is 3.01. The van der Waals surface area contributed by atoms with Crippen LogP contribution in [-0.4, -0.2) is 36.5 Å². The minimum absolute atomic E-state index is 0.113. The van der Waals surface area contributed by atoms with Gasteiger partial charge in [0.1, 0.15) is 0 Å². The van der Waals surface area contributed by atoms with Gasteiger partial charge in [0.05, 0.1) is 6.04 Å². The Morgan fingerprint density at radius 2 is 2.14 bits per heavy atom. The Balaban J connectivity index is 2.18. The molecule has 1 aliphatic heterocycles. The predicted octanol–water partition coefficient (Wildman–Crippen LogP) is 3.25. The lowest BCUT2D eigenvalue weighted by molar-refractivity contribution is -0.123. The standard InChI is InChI=1S/C18H26N2O/c1-5-19(13-14(2)3)15(4)18(21)20-12-8-10-16-9-6-7-11-17(16)20/h6-7,9,11,15H,2,5,8,10,12-13H2,1,3-4H3. The Morgan fingerprint density at radius 1 is 1.43 bits per heavy atom. The number of carbonyl (C=O) groups excluding carboxylic acids is 1. The maximum atomic E-state index is 12.9. The van der Waals surface area contributed by atoms with Gasteiger partial charge in [-0.25, -0.2) is 0 Å². The molecule has 0 saturated carbocycles. The number of hydrogen-bond acceptors (Lipinski definition) is 2. The van der Waals surface area contributed by atoms with E-state index >= 15 is 0 Å². The monoisotopic (exact) mass is 286 g/mol. The first-order valence-electron chi connectivity index (χ1n) is 7.82. The summed E-state index contributed by atoms with van der Waals surface area (Å²) in [6.07, 6.45) is 2.11. The van der Waals surface area contributed by atoms with Crippen molar-refractivity contribution < 1.29 is 4.79 Å². The van der Waals surface area contributed by atoms with Gasteiger partial charge >= 0.3 is 0 Å². The summed E-state index contributed by atoms with van der Waals surface area (Å²) in [6, 6.07) is 8.15. The molecule has 0 aromatic heterocycles. The van der Waals surface area contributed by atoms with Crippen LogP contribution in [0, 0.1) is 0 Å². The lowest BCUT2D eigenvalue weighted by Gasteiger charge is -2.35. The number of anilines is 1. The van der Waals surface area contributed by atoms with Gasteiger partial charge in [0, 0.05) is 18.8 Å². The normalized spacial score (nSPS) is 15.7. The fourth-order valence-corrected chi connectivity index (χ4v) is 3.01. The molecule has 0 radical (unpaired) electrons. The minimum atomic E-state index is -0.113. The highest BCUT2D eigenvalue weighted by atomic mass is 16.2. The highest BCUT2D eigenvalue weighted by molar-refractivity contribution is 5.98. The van der Waals surface area contributed by atoms with Crippen LogP contribution in [-0.2, 0) is 11.2 Å². The number of fused-ring (bicyclic) bond motifs is 1. The van der Waals surface area contributed by atoms with Crippen molar-refractivity contribution in [3.8, 4) is 0 Å². The molecule has 1 aliphatic rings. The number of benzene rings is 1. The topological polar surface area (TPSA) is 23.6 Å². The van der Waals surface area contributed by atoms with Crippen LogP contribution in [0.15, 0.2) is 36.4 Å². The van der Waals surface area contributed by atoms with Crippen LogP contribution < -0.4 is 4.90 Å². The molecule has 1 aromatic carbocycles. The molecule has 0 fully saturated rings. The van der Waals surface area contributed by atoms with Gasteiger partial charge in [0.25, 0.3) is 0 Å². The Hall–Kier alpha value is -1.61. The summed E-state index contributed by atoms with van der Waals surface area (Å²) in [4.78, 5) is 17.0. The van der Waals surface area contributed by atoms with Crippen molar-refractivity contribution in [2.45, 2.75) is 39.7 Å². The maximum Gasteiger partial charge on any atom is 0.244 e. The van der Waals surface area contributed by atoms with Crippen LogP contribution in [0.3, 0.4) is 0 Å². The van der Waals surface area contributed by atoms with Gasteiger partial charge in [-0.15, -0.1) is 0 Å². The Bertz CT molecular complexity index is 524. The summed E-state index contributed by atoms with van der Waals surface area (Å²) < 4.78 is 0. The van der Waals surface area contributed by atoms with Gasteiger partial charge in [0.15, 0.2) is 0 Å². The molecule has 0 bridgehead atoms. The molecule has 0 spiro atoms. The first-order valence-corrected chi connectivity index (χ1v) is 7.82. The minimum Gasteiger partial charge on any atom is -0.311 e. The highest BCUT2D eigenvalue weighted by Gasteiger charge is 2.28. The van der Waals surface area contributed by atoms with Gasteiger partial charge in [0.2, 0.25) is 5.91 Å². The Morgan fingerprint density at radius 3 is 2.81 bits per heavy atom. The summed E-state index contributed by atoms with van der Waals surface area (Å²) in [5, 5.41) is 0. The average molecular weight is 286 g/mol. The van der Waals surface area contributed by atoms with Crippen LogP contribution in [0.25, 0.3) is 0 Å². The van der Waals surface area contributed by atoms with Gasteiger partial charge in [-0.1, -0.05) is 37.3 Å². The lowest BCUT2D eigenvalue weighted by Crippen LogP contribution is -2.49. The van der Waals surface area contributed by atoms with Gasteiger partial charge < -0.3 is 4.90 Å². The lowest BCUT2D eigenvalue weighted by atomic mass is 10.0. The van der Waals surface area contributed by atoms with Crippen molar-refractivity contribution in [1.82, 2.24) is 4.90 Å². The van der Waals surface area contributed by atoms with E-state index in [0.29, 0.717) is 0 Å². The van der Waals surface area contributed by atoms with E-state index < -0.39 is 0 Å². The zero-order chi connectivity index (χ0) is 15.4. The number of rotatable bonds is 5. The summed E-state index contributed by atoms with van der Waals surface area (Å²) in [5.74, 6) is 0.199. The molecule has 0 N–H and O–H groups in total. The molecule has 3 nitrogen and oxygen atoms in total. The smallest absolute Gasteiger partial charge is 0.244 e. The molecule has 0 saturated heterocycles. The summed E-state index contributed by atoms with van der Waals surface area (Å²) in [6.45, 7) is 12.5. The van der Waals surface area contributed by atoms with E-state index in [9.17, 15) is 4.79 Å². The second kappa shape index (κ2) is 6.90. The molecule has 2 rings (SSSR count). The van der Waals surface area contributed by atoms with Crippen LogP contribution in [0.2, 0.25) is 0 Å². The van der Waals surface area contributed by atoms with Gasteiger partial charge in [-0.05, 0) is 44.9 Å². The van der Waals surface area contributed by atoms with Crippen molar-refractivity contribution >= 4 is 11.6 Å². The van der Waals surface area contributed by atoms with E-state index in [-0.39, 0.29) is 11.9 Å². The molecule has 21 heavy (non-hydrogen) atoms. The molecule has 1 atom stereocenters. The average Bonchev–Trinajstić information content (AvgIpc) is 2.50. The third-order valence-corrected chi connectivity index (χ3v) is 4.16. The molecule has 1 unspecified atom stereocenters. The van der Waals surface area contributed by atoms with Crippen LogP contribution in [0.5, 0.6) is 0 Å².